The van der Waals surface area contributed by atoms with E-state index in [4.69, 9.17) is 19.7 Å². The summed E-state index contributed by atoms with van der Waals surface area (Å²) in [4.78, 5) is 117. The number of anilines is 6. The molecule has 6 fully saturated rings. The van der Waals surface area contributed by atoms with Crippen molar-refractivity contribution in [3.8, 4) is 0 Å². The van der Waals surface area contributed by atoms with E-state index in [-0.39, 0.29) is 61.6 Å². The molecule has 0 atom stereocenters. The van der Waals surface area contributed by atoms with E-state index < -0.39 is 28.4 Å². The maximum Gasteiger partial charge on any atom is 0.410 e. The number of nitrogens with zero attached hydrogens (tertiary/aromatic N) is 10. The Morgan fingerprint density at radius 2 is 0.595 bits per heavy atom. The van der Waals surface area contributed by atoms with Crippen molar-refractivity contribution in [3.05, 3.63) is 249 Å². The second-order valence-corrected chi connectivity index (χ2v) is 36.2. The molecule has 672 valence electrons. The third kappa shape index (κ3) is 25.5. The van der Waals surface area contributed by atoms with Crippen molar-refractivity contribution in [1.82, 2.24) is 39.6 Å². The highest BCUT2D eigenvalue weighted by Crippen LogP contribution is 2.40. The number of carboxylic acids is 1. The number of carboxylic acid groups (broad SMARTS) is 1. The van der Waals surface area contributed by atoms with Gasteiger partial charge in [-0.3, -0.25) is 24.0 Å². The first-order valence-corrected chi connectivity index (χ1v) is 44.9. The van der Waals surface area contributed by atoms with Crippen molar-refractivity contribution in [2.24, 2.45) is 0 Å². The normalized spacial score (nSPS) is 17.6. The molecular formula is C100H125BrClN11O13. The number of aryl methyl sites for hydroxylation is 5. The SMILES string of the molecule is C.CC(C)(C)OC(=O)N1CCN(C(=O)c2ccc(Br)cc2)CC1.CC(C)(C)OC(=O)N1CCN(C(=O)c2ccc(N3CCCc4ccccc43)cc2)CC1.Cl.O=C(O)C1(O)CC1.O=C(c1ccc(N2CCCc3ccccc32)cc1)N1CCN(C(=O)C2(O)CC2)CC1.O=C(c1ccc(N2CCCc3ccccc32)cc1)N1CCNCC1.c1ccc2c(c1)CCCC2. The molecule has 2 saturated carbocycles. The molecule has 10 aliphatic rings. The molecule has 7 heterocycles. The van der Waals surface area contributed by atoms with E-state index in [0.717, 1.165) is 99.3 Å². The Bertz CT molecular complexity index is 4980. The number of fused-ring (bicyclic) bond motifs is 4. The predicted octanol–water partition coefficient (Wildman–Crippen LogP) is 16.2. The van der Waals surface area contributed by atoms with Gasteiger partial charge in [0.2, 0.25) is 0 Å². The molecule has 4 saturated heterocycles. The topological polar surface area (TPSA) is 260 Å². The summed E-state index contributed by atoms with van der Waals surface area (Å²) >= 11 is 3.36. The maximum atomic E-state index is 13.0. The minimum Gasteiger partial charge on any atom is -0.479 e. The van der Waals surface area contributed by atoms with Crippen LogP contribution in [-0.2, 0) is 51.2 Å². The van der Waals surface area contributed by atoms with Crippen LogP contribution in [0.25, 0.3) is 0 Å². The van der Waals surface area contributed by atoms with Gasteiger partial charge in [0.05, 0.1) is 0 Å². The molecule has 7 aliphatic heterocycles. The van der Waals surface area contributed by atoms with Crippen molar-refractivity contribution in [2.45, 2.75) is 161 Å². The van der Waals surface area contributed by atoms with Crippen molar-refractivity contribution in [3.63, 3.8) is 0 Å². The van der Waals surface area contributed by atoms with Crippen LogP contribution in [0.3, 0.4) is 0 Å². The molecule has 26 heteroatoms. The van der Waals surface area contributed by atoms with Crippen LogP contribution in [0.2, 0.25) is 0 Å². The van der Waals surface area contributed by atoms with E-state index in [2.05, 4.69) is 145 Å². The Morgan fingerprint density at radius 1 is 0.333 bits per heavy atom. The number of nitrogens with one attached hydrogen (secondary N) is 1. The zero-order valence-corrected chi connectivity index (χ0v) is 75.4. The molecule has 24 nitrogen and oxygen atoms in total. The molecule has 0 radical (unpaired) electrons. The Labute approximate surface area is 757 Å². The van der Waals surface area contributed by atoms with Crippen molar-refractivity contribution in [2.75, 3.05) is 139 Å². The average molecular weight is 1800 g/mol. The van der Waals surface area contributed by atoms with Gasteiger partial charge >= 0.3 is 18.2 Å². The number of aliphatic carboxylic acids is 1. The van der Waals surface area contributed by atoms with Gasteiger partial charge in [-0.15, -0.1) is 12.4 Å². The van der Waals surface area contributed by atoms with E-state index in [0.29, 0.717) is 121 Å². The molecular weight excluding hydrogens is 1680 g/mol. The summed E-state index contributed by atoms with van der Waals surface area (Å²) in [6.45, 7) is 23.5. The molecule has 126 heavy (non-hydrogen) atoms. The Kier molecular flexibility index (Phi) is 33.1. The third-order valence-corrected chi connectivity index (χ3v) is 24.4. The monoisotopic (exact) mass is 1800 g/mol. The molecule has 7 amide bonds. The van der Waals surface area contributed by atoms with Gasteiger partial charge in [0.25, 0.3) is 29.5 Å². The highest BCUT2D eigenvalue weighted by molar-refractivity contribution is 9.10. The number of carbonyl (C=O) groups excluding carboxylic acids is 7. The fourth-order valence-electron chi connectivity index (χ4n) is 16.5. The molecule has 18 rings (SSSR count). The quantitative estimate of drug-likeness (QED) is 0.105. The smallest absolute Gasteiger partial charge is 0.410 e. The first-order valence-electron chi connectivity index (χ1n) is 44.1. The highest BCUT2D eigenvalue weighted by atomic mass is 79.9. The van der Waals surface area contributed by atoms with E-state index in [1.165, 1.54) is 71.5 Å². The number of para-hydroxylation sites is 3. The first-order chi connectivity index (χ1) is 59.6. The lowest BCUT2D eigenvalue weighted by atomic mass is 9.92. The number of amides is 7. The summed E-state index contributed by atoms with van der Waals surface area (Å²) < 4.78 is 11.7. The van der Waals surface area contributed by atoms with Crippen LogP contribution >= 0.6 is 28.3 Å². The van der Waals surface area contributed by atoms with E-state index in [1.54, 1.807) is 47.8 Å². The number of benzene rings is 8. The van der Waals surface area contributed by atoms with Crippen LogP contribution in [0.1, 0.15) is 176 Å². The van der Waals surface area contributed by atoms with Crippen molar-refractivity contribution in [1.29, 1.82) is 0 Å². The molecule has 3 aliphatic carbocycles. The number of halogens is 2. The minimum absolute atomic E-state index is 0. The molecule has 0 bridgehead atoms. The van der Waals surface area contributed by atoms with Gasteiger partial charge in [-0.25, -0.2) is 14.4 Å². The number of hydrogen-bond acceptors (Lipinski definition) is 16. The summed E-state index contributed by atoms with van der Waals surface area (Å²) in [6.07, 6.45) is 13.5. The van der Waals surface area contributed by atoms with Gasteiger partial charge in [-0.2, -0.15) is 0 Å². The summed E-state index contributed by atoms with van der Waals surface area (Å²) in [6, 6.07) is 65.6. The molecule has 4 N–H and O–H groups in total. The van der Waals surface area contributed by atoms with E-state index in [1.807, 2.05) is 124 Å². The van der Waals surface area contributed by atoms with Crippen molar-refractivity contribution < 1.29 is 63.1 Å². The highest BCUT2D eigenvalue weighted by Gasteiger charge is 2.51. The van der Waals surface area contributed by atoms with Gasteiger partial charge in [0, 0.05) is 185 Å². The number of carbonyl (C=O) groups is 8. The van der Waals surface area contributed by atoms with E-state index >= 15 is 0 Å². The molecule has 8 aromatic carbocycles. The standard InChI is InChI=1S/C25H31N3O3.C24H27N3O3.C20H23N3O.C16H21BrN2O3.C10H12.C4H6O3.CH4.ClH/c1-25(2,3)31-24(30)27-17-15-26(16-18-27)23(29)20-10-12-21(13-11-20)28-14-6-8-19-7-4-5-9-22(19)28;28-22(25-14-16-26(17-15-25)23(29)24(30)11-12-24)19-7-9-20(10-8-19)27-13-3-5-18-4-1-2-6-21(18)27;24-20(22-14-11-21-12-15-22)17-7-9-18(10-8-17)23-13-3-5-16-4-1-2-6-19(16)23;1-16(2,3)22-15(21)19-10-8-18(9-11-19)14(20)12-4-6-13(17)7-5-12;1-2-6-10-8-4-3-7-9(10)5-1;5-3(6)4(7)1-2-4;;/h4-5,7,9-13H,6,8,14-18H2,1-3H3;1-2,4,6-10,30H,3,5,11-17H2;1-2,4,6-10,21H,3,5,11-15H2;4-7H,8-11H2,1-3H3;1-2,5-6H,3-4,7-8H2;7H,1-2H2,(H,5,6);1H4;1H. The first kappa shape index (κ1) is 95.8. The Hall–Kier alpha value is -10.8. The zero-order valence-electron chi connectivity index (χ0n) is 73.0. The minimum atomic E-state index is -1.33. The Balaban J connectivity index is 0.000000153. The van der Waals surface area contributed by atoms with Crippen LogP contribution in [0.15, 0.2) is 199 Å². The zero-order chi connectivity index (χ0) is 87.7. The summed E-state index contributed by atoms with van der Waals surface area (Å²) in [7, 11) is 0. The van der Waals surface area contributed by atoms with Crippen LogP contribution in [0.5, 0.6) is 0 Å². The average Bonchev–Trinajstić information content (AvgIpc) is 1.09. The van der Waals surface area contributed by atoms with Gasteiger partial charge < -0.3 is 79.1 Å². The lowest BCUT2D eigenvalue weighted by molar-refractivity contribution is -0.149. The maximum absolute atomic E-state index is 13.0. The second kappa shape index (κ2) is 43.6. The molecule has 8 aromatic rings. The van der Waals surface area contributed by atoms with Crippen LogP contribution in [-0.4, -0.2) is 244 Å². The number of rotatable bonds is 9. The number of ether oxygens (including phenoxy) is 2. The molecule has 0 unspecified atom stereocenters. The lowest BCUT2D eigenvalue weighted by Gasteiger charge is -2.36. The number of aliphatic hydroxyl groups is 2. The number of piperazine rings is 4. The van der Waals surface area contributed by atoms with Gasteiger partial charge in [-0.1, -0.05) is 102 Å². The second-order valence-electron chi connectivity index (χ2n) is 35.3. The Morgan fingerprint density at radius 3 is 0.881 bits per heavy atom. The van der Waals surface area contributed by atoms with Gasteiger partial charge in [0.1, 0.15) is 16.8 Å². The third-order valence-electron chi connectivity index (χ3n) is 23.9. The summed E-state index contributed by atoms with van der Waals surface area (Å²) in [5.41, 5.74) is 13.8. The molecule has 0 spiro atoms. The van der Waals surface area contributed by atoms with Gasteiger partial charge in [-0.05, 0) is 275 Å². The van der Waals surface area contributed by atoms with Crippen LogP contribution < -0.4 is 20.0 Å². The van der Waals surface area contributed by atoms with Gasteiger partial charge in [0.15, 0.2) is 5.60 Å². The van der Waals surface area contributed by atoms with Crippen LogP contribution in [0.4, 0.5) is 43.7 Å². The van der Waals surface area contributed by atoms with Crippen LogP contribution in [0, 0.1) is 0 Å². The fourth-order valence-corrected chi connectivity index (χ4v) is 16.8. The van der Waals surface area contributed by atoms with Crippen molar-refractivity contribution >= 4 is 110 Å². The summed E-state index contributed by atoms with van der Waals surface area (Å²) in [5.74, 6) is -1.13. The summed E-state index contributed by atoms with van der Waals surface area (Å²) in [5, 5.41) is 30.0. The largest absolute Gasteiger partial charge is 0.479 e. The van der Waals surface area contributed by atoms with E-state index in [9.17, 15) is 43.5 Å². The fraction of sp³-hybridized carbons (Fsp3) is 0.440. The predicted molar refractivity (Wildman–Crippen MR) is 501 cm³/mol. The lowest BCUT2D eigenvalue weighted by Crippen LogP contribution is -2.53. The number of hydrogen-bond donors (Lipinski definition) is 4. The molecule has 0 aromatic heterocycles.